The molecule has 1 aromatic carbocycles. The van der Waals surface area contributed by atoms with E-state index in [1.165, 1.54) is 0 Å². The molecule has 2 N–H and O–H groups in total. The molecular weight excluding hydrogens is 218 g/mol. The van der Waals surface area contributed by atoms with Crippen LogP contribution in [0.1, 0.15) is 19.6 Å². The lowest BCUT2D eigenvalue weighted by Gasteiger charge is -2.19. The topological polar surface area (TPSA) is 65.5 Å². The molecule has 0 aliphatic rings. The van der Waals surface area contributed by atoms with E-state index in [2.05, 4.69) is 0 Å². The highest BCUT2D eigenvalue weighted by Crippen LogP contribution is 2.27. The van der Waals surface area contributed by atoms with Crippen molar-refractivity contribution in [1.82, 2.24) is 0 Å². The molecule has 0 aliphatic carbocycles. The Balaban J connectivity index is 2.41. The molecule has 0 aliphatic heterocycles. The third-order valence-electron chi connectivity index (χ3n) is 2.64. The van der Waals surface area contributed by atoms with Gasteiger partial charge in [-0.3, -0.25) is 0 Å². The van der Waals surface area contributed by atoms with Crippen LogP contribution in [0.4, 0.5) is 0 Å². The quantitative estimate of drug-likeness (QED) is 0.825. The summed E-state index contributed by atoms with van der Waals surface area (Å²) < 4.78 is 10.5. The predicted octanol–water partition coefficient (Wildman–Crippen LogP) is 2.17. The molecule has 0 radical (unpaired) electrons. The van der Waals surface area contributed by atoms with E-state index in [1.807, 2.05) is 24.3 Å². The number of furan rings is 1. The van der Waals surface area contributed by atoms with Crippen molar-refractivity contribution >= 4 is 16.9 Å². The van der Waals surface area contributed by atoms with Gasteiger partial charge in [-0.1, -0.05) is 18.2 Å². The first kappa shape index (κ1) is 11.7. The standard InChI is InChI=1S/C13H15NO3/c1-3-16-12(15)13(2,14)11-8-9-6-4-5-7-10(9)17-11/h4-8H,3,14H2,1-2H3. The summed E-state index contributed by atoms with van der Waals surface area (Å²) in [5.41, 5.74) is 5.42. The van der Waals surface area contributed by atoms with Crippen molar-refractivity contribution in [2.24, 2.45) is 5.73 Å². The zero-order chi connectivity index (χ0) is 12.5. The van der Waals surface area contributed by atoms with E-state index in [-0.39, 0.29) is 0 Å². The second-order valence-corrected chi connectivity index (χ2v) is 4.07. The first-order valence-corrected chi connectivity index (χ1v) is 5.51. The van der Waals surface area contributed by atoms with Crippen molar-refractivity contribution in [1.29, 1.82) is 0 Å². The zero-order valence-corrected chi connectivity index (χ0v) is 9.90. The molecule has 0 saturated carbocycles. The van der Waals surface area contributed by atoms with Crippen molar-refractivity contribution in [2.45, 2.75) is 19.4 Å². The number of carbonyl (C=O) groups is 1. The third-order valence-corrected chi connectivity index (χ3v) is 2.64. The normalized spacial score (nSPS) is 14.5. The lowest BCUT2D eigenvalue weighted by Crippen LogP contribution is -2.42. The molecule has 1 aromatic heterocycles. The molecule has 1 heterocycles. The van der Waals surface area contributed by atoms with Crippen LogP contribution in [0.15, 0.2) is 34.7 Å². The fourth-order valence-corrected chi connectivity index (χ4v) is 1.62. The number of nitrogens with two attached hydrogens (primary N) is 1. The largest absolute Gasteiger partial charge is 0.464 e. The Morgan fingerprint density at radius 1 is 1.47 bits per heavy atom. The second kappa shape index (κ2) is 4.22. The van der Waals surface area contributed by atoms with Gasteiger partial charge in [0.2, 0.25) is 0 Å². The van der Waals surface area contributed by atoms with Gasteiger partial charge in [0.1, 0.15) is 11.3 Å². The van der Waals surface area contributed by atoms with Crippen molar-refractivity contribution in [3.8, 4) is 0 Å². The number of rotatable bonds is 3. The minimum Gasteiger partial charge on any atom is -0.464 e. The summed E-state index contributed by atoms with van der Waals surface area (Å²) in [7, 11) is 0. The highest BCUT2D eigenvalue weighted by molar-refractivity contribution is 5.84. The Bertz CT molecular complexity index is 509. The van der Waals surface area contributed by atoms with Crippen LogP contribution < -0.4 is 5.73 Å². The van der Waals surface area contributed by atoms with E-state index in [0.29, 0.717) is 18.0 Å². The fourth-order valence-electron chi connectivity index (χ4n) is 1.62. The smallest absolute Gasteiger partial charge is 0.333 e. The maximum absolute atomic E-state index is 11.7. The fraction of sp³-hybridized carbons (Fsp3) is 0.308. The third kappa shape index (κ3) is 2.03. The van der Waals surface area contributed by atoms with E-state index in [1.54, 1.807) is 19.9 Å². The van der Waals surface area contributed by atoms with Gasteiger partial charge in [0, 0.05) is 5.39 Å². The Kier molecular flexibility index (Phi) is 2.90. The summed E-state index contributed by atoms with van der Waals surface area (Å²) in [6, 6.07) is 9.28. The summed E-state index contributed by atoms with van der Waals surface area (Å²) >= 11 is 0. The van der Waals surface area contributed by atoms with E-state index in [9.17, 15) is 4.79 Å². The molecule has 90 valence electrons. The number of benzene rings is 1. The van der Waals surface area contributed by atoms with Crippen LogP contribution in [0.5, 0.6) is 0 Å². The van der Waals surface area contributed by atoms with Gasteiger partial charge in [0.15, 0.2) is 5.54 Å². The van der Waals surface area contributed by atoms with Crippen molar-refractivity contribution in [3.63, 3.8) is 0 Å². The van der Waals surface area contributed by atoms with Gasteiger partial charge in [0.25, 0.3) is 0 Å². The van der Waals surface area contributed by atoms with Crippen LogP contribution in [0.25, 0.3) is 11.0 Å². The molecule has 1 atom stereocenters. The Morgan fingerprint density at radius 3 is 2.82 bits per heavy atom. The molecule has 2 aromatic rings. The predicted molar refractivity (Wildman–Crippen MR) is 64.4 cm³/mol. The Morgan fingerprint density at radius 2 is 2.18 bits per heavy atom. The summed E-state index contributed by atoms with van der Waals surface area (Å²) in [5.74, 6) is -0.0730. The van der Waals surface area contributed by atoms with Crippen molar-refractivity contribution in [3.05, 3.63) is 36.1 Å². The number of ether oxygens (including phenoxy) is 1. The van der Waals surface area contributed by atoms with E-state index in [4.69, 9.17) is 14.9 Å². The minimum atomic E-state index is -1.25. The van der Waals surface area contributed by atoms with Crippen molar-refractivity contribution in [2.75, 3.05) is 6.61 Å². The average Bonchev–Trinajstić information content (AvgIpc) is 2.73. The summed E-state index contributed by atoms with van der Waals surface area (Å²) in [4.78, 5) is 11.7. The first-order chi connectivity index (χ1) is 8.05. The van der Waals surface area contributed by atoms with Crippen LogP contribution in [-0.2, 0) is 15.1 Å². The molecule has 4 heteroatoms. The van der Waals surface area contributed by atoms with Crippen LogP contribution in [-0.4, -0.2) is 12.6 Å². The van der Waals surface area contributed by atoms with Gasteiger partial charge in [-0.15, -0.1) is 0 Å². The van der Waals surface area contributed by atoms with Crippen LogP contribution in [0.3, 0.4) is 0 Å². The van der Waals surface area contributed by atoms with Gasteiger partial charge in [-0.25, -0.2) is 4.79 Å². The summed E-state index contributed by atoms with van der Waals surface area (Å²) in [5, 5.41) is 0.920. The minimum absolute atomic E-state index is 0.297. The lowest BCUT2D eigenvalue weighted by molar-refractivity contribution is -0.150. The molecule has 0 saturated heterocycles. The SMILES string of the molecule is CCOC(=O)C(C)(N)c1cc2ccccc2o1. The van der Waals surface area contributed by atoms with Gasteiger partial charge < -0.3 is 14.9 Å². The molecule has 0 bridgehead atoms. The van der Waals surface area contributed by atoms with E-state index < -0.39 is 11.5 Å². The molecular formula is C13H15NO3. The summed E-state index contributed by atoms with van der Waals surface area (Å²) in [6.07, 6.45) is 0. The van der Waals surface area contributed by atoms with E-state index in [0.717, 1.165) is 5.39 Å². The van der Waals surface area contributed by atoms with Gasteiger partial charge >= 0.3 is 5.97 Å². The van der Waals surface area contributed by atoms with Crippen molar-refractivity contribution < 1.29 is 13.9 Å². The highest BCUT2D eigenvalue weighted by Gasteiger charge is 2.35. The number of hydrogen-bond donors (Lipinski definition) is 1. The van der Waals surface area contributed by atoms with Gasteiger partial charge in [-0.05, 0) is 26.0 Å². The Hall–Kier alpha value is -1.81. The van der Waals surface area contributed by atoms with Crippen LogP contribution in [0, 0.1) is 0 Å². The van der Waals surface area contributed by atoms with Crippen LogP contribution in [0.2, 0.25) is 0 Å². The average molecular weight is 233 g/mol. The van der Waals surface area contributed by atoms with Gasteiger partial charge in [0.05, 0.1) is 6.61 Å². The maximum atomic E-state index is 11.7. The molecule has 17 heavy (non-hydrogen) atoms. The molecule has 1 unspecified atom stereocenters. The first-order valence-electron chi connectivity index (χ1n) is 5.51. The summed E-state index contributed by atoms with van der Waals surface area (Å²) in [6.45, 7) is 3.63. The second-order valence-electron chi connectivity index (χ2n) is 4.07. The maximum Gasteiger partial charge on any atom is 0.333 e. The number of para-hydroxylation sites is 1. The number of carbonyl (C=O) groups excluding carboxylic acids is 1. The lowest BCUT2D eigenvalue weighted by atomic mass is 10.0. The highest BCUT2D eigenvalue weighted by atomic mass is 16.5. The molecule has 4 nitrogen and oxygen atoms in total. The van der Waals surface area contributed by atoms with E-state index >= 15 is 0 Å². The monoisotopic (exact) mass is 233 g/mol. The molecule has 0 fully saturated rings. The number of hydrogen-bond acceptors (Lipinski definition) is 4. The zero-order valence-electron chi connectivity index (χ0n) is 9.90. The molecule has 2 rings (SSSR count). The molecule has 0 amide bonds. The molecule has 0 spiro atoms. The van der Waals surface area contributed by atoms with Gasteiger partial charge in [-0.2, -0.15) is 0 Å². The number of esters is 1. The Labute approximate surface area is 99.3 Å². The van der Waals surface area contributed by atoms with Crippen LogP contribution >= 0.6 is 0 Å². The number of fused-ring (bicyclic) bond motifs is 1.